The van der Waals surface area contributed by atoms with Gasteiger partial charge in [0.1, 0.15) is 5.75 Å². The normalized spacial score (nSPS) is 24.0. The van der Waals surface area contributed by atoms with E-state index in [1.54, 1.807) is 25.3 Å². The summed E-state index contributed by atoms with van der Waals surface area (Å²) in [7, 11) is 1.58. The topological polar surface area (TPSA) is 41.6 Å². The number of rotatable bonds is 4. The maximum absolute atomic E-state index is 13.4. The molecule has 5 heteroatoms. The Hall–Kier alpha value is -1.52. The molecule has 24 heavy (non-hydrogen) atoms. The summed E-state index contributed by atoms with van der Waals surface area (Å²) in [5.74, 6) is 0.579. The van der Waals surface area contributed by atoms with E-state index in [0.29, 0.717) is 16.3 Å². The van der Waals surface area contributed by atoms with Gasteiger partial charge in [0.2, 0.25) is 0 Å². The van der Waals surface area contributed by atoms with Gasteiger partial charge < -0.3 is 15.0 Å². The molecule has 2 aliphatic rings. The van der Waals surface area contributed by atoms with Gasteiger partial charge in [-0.05, 0) is 56.8 Å². The Bertz CT molecular complexity index is 626. The van der Waals surface area contributed by atoms with Crippen molar-refractivity contribution in [2.75, 3.05) is 20.2 Å². The number of amides is 1. The van der Waals surface area contributed by atoms with Crippen LogP contribution in [0, 0.1) is 0 Å². The molecular formula is C19H25ClN2O2. The second-order valence-electron chi connectivity index (χ2n) is 6.70. The number of carbonyl (C=O) groups is 1. The van der Waals surface area contributed by atoms with E-state index in [9.17, 15) is 4.79 Å². The van der Waals surface area contributed by atoms with Gasteiger partial charge in [-0.1, -0.05) is 23.8 Å². The van der Waals surface area contributed by atoms with Crippen LogP contribution in [0.5, 0.6) is 5.75 Å². The van der Waals surface area contributed by atoms with Crippen LogP contribution in [0.25, 0.3) is 0 Å². The molecule has 0 spiro atoms. The highest BCUT2D eigenvalue weighted by Crippen LogP contribution is 2.32. The first-order valence-corrected chi connectivity index (χ1v) is 9.01. The third-order valence-corrected chi connectivity index (χ3v) is 5.28. The molecule has 4 nitrogen and oxygen atoms in total. The quantitative estimate of drug-likeness (QED) is 0.844. The number of nitrogens with one attached hydrogen (secondary N) is 1. The molecule has 1 aliphatic carbocycles. The summed E-state index contributed by atoms with van der Waals surface area (Å²) in [6, 6.07) is 5.69. The third kappa shape index (κ3) is 3.60. The highest BCUT2D eigenvalue weighted by Gasteiger charge is 2.35. The minimum Gasteiger partial charge on any atom is -0.496 e. The van der Waals surface area contributed by atoms with Gasteiger partial charge in [-0.25, -0.2) is 0 Å². The van der Waals surface area contributed by atoms with Gasteiger partial charge in [0.05, 0.1) is 12.7 Å². The molecule has 1 unspecified atom stereocenters. The summed E-state index contributed by atoms with van der Waals surface area (Å²) in [6.07, 6.45) is 5.11. The Balaban J connectivity index is 1.92. The number of benzene rings is 1. The molecule has 2 atom stereocenters. The second-order valence-corrected chi connectivity index (χ2v) is 7.14. The van der Waals surface area contributed by atoms with Crippen molar-refractivity contribution in [3.8, 4) is 5.75 Å². The molecule has 1 heterocycles. The molecule has 0 bridgehead atoms. The van der Waals surface area contributed by atoms with E-state index < -0.39 is 0 Å². The van der Waals surface area contributed by atoms with Crippen LogP contribution in [-0.4, -0.2) is 43.1 Å². The summed E-state index contributed by atoms with van der Waals surface area (Å²) < 4.78 is 5.40. The average Bonchev–Trinajstić information content (AvgIpc) is 3.09. The number of hydrogen-bond donors (Lipinski definition) is 1. The van der Waals surface area contributed by atoms with Crippen molar-refractivity contribution in [2.45, 2.75) is 44.2 Å². The number of nitrogens with zero attached hydrogens (tertiary/aromatic N) is 1. The van der Waals surface area contributed by atoms with Crippen LogP contribution in [-0.2, 0) is 0 Å². The molecule has 1 N–H and O–H groups in total. The van der Waals surface area contributed by atoms with E-state index in [-0.39, 0.29) is 18.0 Å². The van der Waals surface area contributed by atoms with Crippen LogP contribution < -0.4 is 10.1 Å². The first-order valence-electron chi connectivity index (χ1n) is 8.63. The van der Waals surface area contributed by atoms with Crippen molar-refractivity contribution in [1.29, 1.82) is 0 Å². The van der Waals surface area contributed by atoms with Crippen molar-refractivity contribution >= 4 is 17.5 Å². The van der Waals surface area contributed by atoms with Crippen molar-refractivity contribution < 1.29 is 9.53 Å². The van der Waals surface area contributed by atoms with E-state index in [4.69, 9.17) is 16.3 Å². The van der Waals surface area contributed by atoms with Crippen molar-refractivity contribution in [3.63, 3.8) is 0 Å². The predicted molar refractivity (Wildman–Crippen MR) is 96.8 cm³/mol. The third-order valence-electron chi connectivity index (χ3n) is 5.04. The molecule has 1 aromatic carbocycles. The van der Waals surface area contributed by atoms with Crippen molar-refractivity contribution in [1.82, 2.24) is 10.2 Å². The summed E-state index contributed by atoms with van der Waals surface area (Å²) in [6.45, 7) is 5.97. The lowest BCUT2D eigenvalue weighted by Crippen LogP contribution is -2.49. The van der Waals surface area contributed by atoms with Crippen LogP contribution in [0.1, 0.15) is 42.5 Å². The SMILES string of the molecule is C=C1CCCC(N(C(=O)c2ccc(Cl)cc2OC)[C@H]2CCNC2)C1. The van der Waals surface area contributed by atoms with Crippen LogP contribution in [0.3, 0.4) is 0 Å². The minimum atomic E-state index is 0.0388. The summed E-state index contributed by atoms with van der Waals surface area (Å²) in [5, 5.41) is 3.95. The molecule has 1 aliphatic heterocycles. The molecule has 1 amide bonds. The first kappa shape index (κ1) is 17.3. The zero-order valence-corrected chi connectivity index (χ0v) is 14.9. The largest absolute Gasteiger partial charge is 0.496 e. The zero-order valence-electron chi connectivity index (χ0n) is 14.2. The molecule has 1 aromatic rings. The number of halogens is 1. The van der Waals surface area contributed by atoms with E-state index >= 15 is 0 Å². The number of ether oxygens (including phenoxy) is 1. The maximum atomic E-state index is 13.4. The molecule has 0 aromatic heterocycles. The van der Waals surface area contributed by atoms with Crippen LogP contribution in [0.15, 0.2) is 30.4 Å². The van der Waals surface area contributed by atoms with Crippen molar-refractivity contribution in [2.24, 2.45) is 0 Å². The van der Waals surface area contributed by atoms with Gasteiger partial charge in [-0.15, -0.1) is 0 Å². The molecule has 1 saturated heterocycles. The number of carbonyl (C=O) groups excluding carboxylic acids is 1. The van der Waals surface area contributed by atoms with Gasteiger partial charge >= 0.3 is 0 Å². The Kier molecular flexibility index (Phi) is 5.47. The Morgan fingerprint density at radius 1 is 1.38 bits per heavy atom. The fourth-order valence-electron chi connectivity index (χ4n) is 3.85. The van der Waals surface area contributed by atoms with Crippen LogP contribution in [0.4, 0.5) is 0 Å². The van der Waals surface area contributed by atoms with E-state index in [0.717, 1.165) is 45.2 Å². The van der Waals surface area contributed by atoms with Crippen molar-refractivity contribution in [3.05, 3.63) is 40.9 Å². The standard InChI is InChI=1S/C19H25ClN2O2/c1-13-4-3-5-15(10-13)22(16-8-9-21-12-16)19(23)17-7-6-14(20)11-18(17)24-2/h6-7,11,15-16,21H,1,3-5,8-10,12H2,2H3/t15?,16-/m0/s1. The van der Waals surface area contributed by atoms with E-state index in [1.807, 2.05) is 0 Å². The number of hydrogen-bond acceptors (Lipinski definition) is 3. The smallest absolute Gasteiger partial charge is 0.258 e. The van der Waals surface area contributed by atoms with Gasteiger partial charge in [-0.2, -0.15) is 0 Å². The molecule has 130 valence electrons. The highest BCUT2D eigenvalue weighted by atomic mass is 35.5. The molecule has 2 fully saturated rings. The summed E-state index contributed by atoms with van der Waals surface area (Å²) in [4.78, 5) is 15.5. The summed E-state index contributed by atoms with van der Waals surface area (Å²) in [5.41, 5.74) is 1.84. The van der Waals surface area contributed by atoms with Gasteiger partial charge in [-0.3, -0.25) is 4.79 Å². The fourth-order valence-corrected chi connectivity index (χ4v) is 4.01. The Morgan fingerprint density at radius 2 is 2.21 bits per heavy atom. The lowest BCUT2D eigenvalue weighted by atomic mass is 9.89. The maximum Gasteiger partial charge on any atom is 0.258 e. The summed E-state index contributed by atoms with van der Waals surface area (Å²) >= 11 is 6.05. The Morgan fingerprint density at radius 3 is 2.88 bits per heavy atom. The average molecular weight is 349 g/mol. The number of methoxy groups -OCH3 is 1. The lowest BCUT2D eigenvalue weighted by Gasteiger charge is -2.39. The monoisotopic (exact) mass is 348 g/mol. The minimum absolute atomic E-state index is 0.0388. The Labute approximate surface area is 148 Å². The fraction of sp³-hybridized carbons (Fsp3) is 0.526. The van der Waals surface area contributed by atoms with Crippen LogP contribution >= 0.6 is 11.6 Å². The predicted octanol–water partition coefficient (Wildman–Crippen LogP) is 3.65. The first-order chi connectivity index (χ1) is 11.6. The lowest BCUT2D eigenvalue weighted by molar-refractivity contribution is 0.0556. The van der Waals surface area contributed by atoms with Gasteiger partial charge in [0.15, 0.2) is 0 Å². The molecule has 0 radical (unpaired) electrons. The molecule has 1 saturated carbocycles. The zero-order chi connectivity index (χ0) is 17.1. The van der Waals surface area contributed by atoms with Crippen LogP contribution in [0.2, 0.25) is 5.02 Å². The van der Waals surface area contributed by atoms with E-state index in [1.165, 1.54) is 5.57 Å². The van der Waals surface area contributed by atoms with E-state index in [2.05, 4.69) is 16.8 Å². The highest BCUT2D eigenvalue weighted by molar-refractivity contribution is 6.30. The van der Waals surface area contributed by atoms with Gasteiger partial charge in [0.25, 0.3) is 5.91 Å². The molecular weight excluding hydrogens is 324 g/mol. The molecule has 3 rings (SSSR count). The second kappa shape index (κ2) is 7.58. The van der Waals surface area contributed by atoms with Gasteiger partial charge in [0, 0.05) is 23.7 Å².